The molecule has 0 radical (unpaired) electrons. The molecule has 0 saturated heterocycles. The van der Waals surface area contributed by atoms with Gasteiger partial charge in [0.2, 0.25) is 0 Å². The van der Waals surface area contributed by atoms with Crippen molar-refractivity contribution in [2.45, 2.75) is 5.41 Å². The standard InChI is InChI=1S/C63H38/c1-2-18-39(19-3-1)41-35-36-53(44-23-7-6-22-43(41)44)59-49-28-10-12-30-51(49)60(52-31-13-11-29-50(52)59)54-38-58-62(48-27-9-8-24-45(48)54)61-42-21-5-4-20-40(42)34-37-57(61)63(58)55-32-16-14-25-46(55)47-26-15-17-33-56(47)63/h1-38H. The highest BCUT2D eigenvalue weighted by Gasteiger charge is 2.52. The van der Waals surface area contributed by atoms with Crippen molar-refractivity contribution in [2.24, 2.45) is 0 Å². The number of rotatable bonds is 3. The molecule has 12 aromatic carbocycles. The van der Waals surface area contributed by atoms with E-state index >= 15 is 0 Å². The average Bonchev–Trinajstić information content (AvgIpc) is 3.83. The Morgan fingerprint density at radius 2 is 0.619 bits per heavy atom. The second kappa shape index (κ2) is 13.0. The molecule has 290 valence electrons. The minimum absolute atomic E-state index is 0.494. The van der Waals surface area contributed by atoms with Crippen LogP contribution in [0.2, 0.25) is 0 Å². The summed E-state index contributed by atoms with van der Waals surface area (Å²) in [6, 6.07) is 86.7. The van der Waals surface area contributed by atoms with E-state index in [-0.39, 0.29) is 0 Å². The summed E-state index contributed by atoms with van der Waals surface area (Å²) in [5.74, 6) is 0. The van der Waals surface area contributed by atoms with Crippen molar-refractivity contribution in [1.82, 2.24) is 0 Å². The second-order valence-electron chi connectivity index (χ2n) is 17.4. The first-order valence-corrected chi connectivity index (χ1v) is 22.1. The van der Waals surface area contributed by atoms with Gasteiger partial charge in [-0.05, 0) is 138 Å². The Morgan fingerprint density at radius 1 is 0.206 bits per heavy atom. The molecule has 14 rings (SSSR count). The Hall–Kier alpha value is -8.06. The molecule has 0 bridgehead atoms. The van der Waals surface area contributed by atoms with Gasteiger partial charge < -0.3 is 0 Å². The lowest BCUT2D eigenvalue weighted by atomic mass is 9.69. The zero-order valence-electron chi connectivity index (χ0n) is 34.4. The molecule has 0 amide bonds. The molecule has 0 heterocycles. The van der Waals surface area contributed by atoms with Gasteiger partial charge in [0.15, 0.2) is 0 Å². The van der Waals surface area contributed by atoms with Crippen molar-refractivity contribution < 1.29 is 0 Å². The Balaban J connectivity index is 1.14. The Bertz CT molecular complexity index is 3800. The maximum atomic E-state index is 2.61. The van der Waals surface area contributed by atoms with Crippen LogP contribution in [-0.2, 0) is 5.41 Å². The highest BCUT2D eigenvalue weighted by atomic mass is 14.5. The van der Waals surface area contributed by atoms with Gasteiger partial charge in [0, 0.05) is 0 Å². The van der Waals surface area contributed by atoms with Crippen LogP contribution in [0.4, 0.5) is 0 Å². The molecule has 0 atom stereocenters. The van der Waals surface area contributed by atoms with Crippen molar-refractivity contribution >= 4 is 53.9 Å². The second-order valence-corrected chi connectivity index (χ2v) is 17.4. The topological polar surface area (TPSA) is 0 Å². The molecule has 0 unspecified atom stereocenters. The third kappa shape index (κ3) is 4.54. The van der Waals surface area contributed by atoms with Gasteiger partial charge in [-0.1, -0.05) is 224 Å². The quantitative estimate of drug-likeness (QED) is 0.156. The third-order valence-electron chi connectivity index (χ3n) is 14.5. The van der Waals surface area contributed by atoms with E-state index in [1.54, 1.807) is 0 Å². The maximum Gasteiger partial charge on any atom is 0.0726 e. The van der Waals surface area contributed by atoms with E-state index in [2.05, 4.69) is 231 Å². The fraction of sp³-hybridized carbons (Fsp3) is 0.0159. The molecule has 0 aromatic heterocycles. The minimum Gasteiger partial charge on any atom is -0.0622 e. The fourth-order valence-electron chi connectivity index (χ4n) is 12.1. The first kappa shape index (κ1) is 34.6. The van der Waals surface area contributed by atoms with Crippen LogP contribution in [0.3, 0.4) is 0 Å². The van der Waals surface area contributed by atoms with Crippen molar-refractivity contribution in [2.75, 3.05) is 0 Å². The Labute approximate surface area is 366 Å². The molecule has 1 spiro atoms. The summed E-state index contributed by atoms with van der Waals surface area (Å²) in [6.07, 6.45) is 0. The molecule has 2 aliphatic rings. The number of benzene rings is 12. The van der Waals surface area contributed by atoms with Gasteiger partial charge >= 0.3 is 0 Å². The molecule has 2 aliphatic carbocycles. The van der Waals surface area contributed by atoms with Gasteiger partial charge in [-0.3, -0.25) is 0 Å². The first-order chi connectivity index (χ1) is 31.3. The molecule has 12 aromatic rings. The van der Waals surface area contributed by atoms with Crippen molar-refractivity contribution in [3.63, 3.8) is 0 Å². The monoisotopic (exact) mass is 794 g/mol. The smallest absolute Gasteiger partial charge is 0.0622 e. The molecule has 0 N–H and O–H groups in total. The summed E-state index contributed by atoms with van der Waals surface area (Å²) >= 11 is 0. The van der Waals surface area contributed by atoms with Crippen LogP contribution in [0.15, 0.2) is 231 Å². The molecular formula is C63H38. The largest absolute Gasteiger partial charge is 0.0726 e. The van der Waals surface area contributed by atoms with E-state index in [0.29, 0.717) is 0 Å². The van der Waals surface area contributed by atoms with Crippen LogP contribution in [0.1, 0.15) is 22.3 Å². The first-order valence-electron chi connectivity index (χ1n) is 22.1. The molecule has 0 heteroatoms. The predicted molar refractivity (Wildman–Crippen MR) is 267 cm³/mol. The average molecular weight is 795 g/mol. The van der Waals surface area contributed by atoms with E-state index in [1.807, 2.05) is 0 Å². The highest BCUT2D eigenvalue weighted by molar-refractivity contribution is 6.27. The Kier molecular flexibility index (Phi) is 7.13. The van der Waals surface area contributed by atoms with Gasteiger partial charge in [-0.15, -0.1) is 0 Å². The number of fused-ring (bicyclic) bond motifs is 17. The van der Waals surface area contributed by atoms with Crippen molar-refractivity contribution in [1.29, 1.82) is 0 Å². The summed E-state index contributed by atoms with van der Waals surface area (Å²) in [5.41, 5.74) is 17.9. The molecule has 0 nitrogen and oxygen atoms in total. The predicted octanol–water partition coefficient (Wildman–Crippen LogP) is 16.8. The van der Waals surface area contributed by atoms with Crippen molar-refractivity contribution in [3.8, 4) is 55.6 Å². The summed E-state index contributed by atoms with van der Waals surface area (Å²) in [4.78, 5) is 0. The maximum absolute atomic E-state index is 2.61. The van der Waals surface area contributed by atoms with Crippen LogP contribution < -0.4 is 0 Å². The van der Waals surface area contributed by atoms with Gasteiger partial charge in [0.1, 0.15) is 0 Å². The normalized spacial score (nSPS) is 13.2. The molecule has 0 aliphatic heterocycles. The molecular weight excluding hydrogens is 757 g/mol. The molecule has 0 saturated carbocycles. The lowest BCUT2D eigenvalue weighted by molar-refractivity contribution is 0.795. The Morgan fingerprint density at radius 3 is 1.22 bits per heavy atom. The zero-order valence-corrected chi connectivity index (χ0v) is 34.4. The number of hydrogen-bond donors (Lipinski definition) is 0. The minimum atomic E-state index is -0.494. The van der Waals surface area contributed by atoms with Crippen LogP contribution >= 0.6 is 0 Å². The SMILES string of the molecule is c1ccc(-c2ccc(-c3c4ccccc4c(-c4cc5c(c6ccccc46)-c4c(ccc6ccccc46)C54c5ccccc5-c5ccccc54)c4ccccc34)c3ccccc23)cc1. The summed E-state index contributed by atoms with van der Waals surface area (Å²) in [5, 5.41) is 12.7. The summed E-state index contributed by atoms with van der Waals surface area (Å²) < 4.78 is 0. The van der Waals surface area contributed by atoms with Crippen LogP contribution in [-0.4, -0.2) is 0 Å². The summed E-state index contributed by atoms with van der Waals surface area (Å²) in [7, 11) is 0. The van der Waals surface area contributed by atoms with Gasteiger partial charge in [-0.25, -0.2) is 0 Å². The fourth-order valence-corrected chi connectivity index (χ4v) is 12.1. The lowest BCUT2D eigenvalue weighted by Crippen LogP contribution is -2.26. The third-order valence-corrected chi connectivity index (χ3v) is 14.5. The summed E-state index contributed by atoms with van der Waals surface area (Å²) in [6.45, 7) is 0. The van der Waals surface area contributed by atoms with E-state index < -0.39 is 5.41 Å². The van der Waals surface area contributed by atoms with Crippen LogP contribution in [0, 0.1) is 0 Å². The van der Waals surface area contributed by atoms with Gasteiger partial charge in [-0.2, -0.15) is 0 Å². The van der Waals surface area contributed by atoms with Gasteiger partial charge in [0.25, 0.3) is 0 Å². The highest BCUT2D eigenvalue weighted by Crippen LogP contribution is 2.65. The van der Waals surface area contributed by atoms with Crippen LogP contribution in [0.25, 0.3) is 109 Å². The van der Waals surface area contributed by atoms with E-state index in [4.69, 9.17) is 0 Å². The van der Waals surface area contributed by atoms with E-state index in [0.717, 1.165) is 0 Å². The lowest BCUT2D eigenvalue weighted by Gasteiger charge is -2.31. The molecule has 0 fully saturated rings. The van der Waals surface area contributed by atoms with Crippen LogP contribution in [0.5, 0.6) is 0 Å². The van der Waals surface area contributed by atoms with E-state index in [1.165, 1.54) is 132 Å². The zero-order chi connectivity index (χ0) is 41.2. The van der Waals surface area contributed by atoms with Crippen molar-refractivity contribution in [3.05, 3.63) is 253 Å². The van der Waals surface area contributed by atoms with Gasteiger partial charge in [0.05, 0.1) is 5.41 Å². The number of hydrogen-bond acceptors (Lipinski definition) is 0. The van der Waals surface area contributed by atoms with E-state index in [9.17, 15) is 0 Å². The molecule has 63 heavy (non-hydrogen) atoms.